The second-order valence-electron chi connectivity index (χ2n) is 7.22. The summed E-state index contributed by atoms with van der Waals surface area (Å²) in [6, 6.07) is 18.0. The molecule has 0 N–H and O–H groups in total. The molecule has 3 rings (SSSR count). The van der Waals surface area contributed by atoms with Crippen LogP contribution in [0.5, 0.6) is 0 Å². The number of hydrogen-bond donors (Lipinski definition) is 0. The van der Waals surface area contributed by atoms with Gasteiger partial charge in [-0.3, -0.25) is 0 Å². The second-order valence-corrected chi connectivity index (χ2v) is 7.22. The Balaban J connectivity index is 1.69. The molecule has 0 saturated heterocycles. The van der Waals surface area contributed by atoms with Gasteiger partial charge in [0.15, 0.2) is 0 Å². The van der Waals surface area contributed by atoms with Crippen LogP contribution in [0.3, 0.4) is 0 Å². The van der Waals surface area contributed by atoms with E-state index in [1.165, 1.54) is 47.9 Å². The first-order chi connectivity index (χ1) is 12.2. The van der Waals surface area contributed by atoms with Crippen LogP contribution in [0, 0.1) is 5.92 Å². The summed E-state index contributed by atoms with van der Waals surface area (Å²) in [5.74, 6) is 1.45. The summed E-state index contributed by atoms with van der Waals surface area (Å²) in [7, 11) is 1.78. The lowest BCUT2D eigenvalue weighted by Gasteiger charge is -2.27. The highest BCUT2D eigenvalue weighted by Gasteiger charge is 2.20. The van der Waals surface area contributed by atoms with Crippen molar-refractivity contribution in [3.63, 3.8) is 0 Å². The van der Waals surface area contributed by atoms with Crippen molar-refractivity contribution in [2.24, 2.45) is 5.92 Å². The highest BCUT2D eigenvalue weighted by Crippen LogP contribution is 2.36. The lowest BCUT2D eigenvalue weighted by molar-refractivity contribution is 0.100. The van der Waals surface area contributed by atoms with Gasteiger partial charge in [0, 0.05) is 7.11 Å². The van der Waals surface area contributed by atoms with Crippen LogP contribution in [0.4, 0.5) is 0 Å². The number of benzene rings is 2. The summed E-state index contributed by atoms with van der Waals surface area (Å²) in [6.07, 6.45) is 8.49. The first kappa shape index (κ1) is 17.9. The summed E-state index contributed by atoms with van der Waals surface area (Å²) < 4.78 is 5.52. The molecule has 1 heteroatoms. The van der Waals surface area contributed by atoms with Crippen LogP contribution in [0.15, 0.2) is 61.2 Å². The van der Waals surface area contributed by atoms with Gasteiger partial charge in [-0.2, -0.15) is 0 Å². The second kappa shape index (κ2) is 8.49. The van der Waals surface area contributed by atoms with Crippen molar-refractivity contribution >= 4 is 0 Å². The third-order valence-electron chi connectivity index (χ3n) is 5.76. The van der Waals surface area contributed by atoms with E-state index in [9.17, 15) is 0 Å². The molecule has 132 valence electrons. The summed E-state index contributed by atoms with van der Waals surface area (Å²) in [4.78, 5) is 0. The van der Waals surface area contributed by atoms with E-state index < -0.39 is 0 Å². The average molecular weight is 335 g/mol. The van der Waals surface area contributed by atoms with Crippen LogP contribution < -0.4 is 0 Å². The van der Waals surface area contributed by atoms with Crippen LogP contribution in [0.25, 0.3) is 11.1 Å². The largest absolute Gasteiger partial charge is 0.377 e. The first-order valence-corrected chi connectivity index (χ1v) is 9.60. The molecule has 1 unspecified atom stereocenters. The summed E-state index contributed by atoms with van der Waals surface area (Å²) >= 11 is 0. The van der Waals surface area contributed by atoms with Crippen molar-refractivity contribution in [3.05, 3.63) is 72.3 Å². The van der Waals surface area contributed by atoms with Gasteiger partial charge in [-0.15, -0.1) is 6.58 Å². The molecule has 0 spiro atoms. The SMILES string of the molecule is C=CC1CCC(c2ccc(-c3ccc(C(CC)OC)cc3)cc2)CC1. The third-order valence-corrected chi connectivity index (χ3v) is 5.76. The minimum absolute atomic E-state index is 0.196. The zero-order chi connectivity index (χ0) is 17.6. The normalized spacial score (nSPS) is 21.7. The predicted molar refractivity (Wildman–Crippen MR) is 107 cm³/mol. The van der Waals surface area contributed by atoms with Crippen LogP contribution in [0.2, 0.25) is 0 Å². The van der Waals surface area contributed by atoms with Gasteiger partial charge in [0.25, 0.3) is 0 Å². The number of ether oxygens (including phenoxy) is 1. The highest BCUT2D eigenvalue weighted by atomic mass is 16.5. The van der Waals surface area contributed by atoms with E-state index in [2.05, 4.69) is 68.1 Å². The molecule has 1 atom stereocenters. The molecule has 1 fully saturated rings. The molecule has 2 aromatic carbocycles. The van der Waals surface area contributed by atoms with E-state index in [4.69, 9.17) is 4.74 Å². The van der Waals surface area contributed by atoms with Gasteiger partial charge in [0.2, 0.25) is 0 Å². The maximum absolute atomic E-state index is 5.52. The van der Waals surface area contributed by atoms with Crippen LogP contribution in [-0.2, 0) is 4.74 Å². The van der Waals surface area contributed by atoms with Gasteiger partial charge in [-0.1, -0.05) is 61.5 Å². The van der Waals surface area contributed by atoms with Crippen molar-refractivity contribution in [1.29, 1.82) is 0 Å². The van der Waals surface area contributed by atoms with Crippen molar-refractivity contribution in [3.8, 4) is 11.1 Å². The van der Waals surface area contributed by atoms with Gasteiger partial charge in [-0.05, 0) is 66.2 Å². The van der Waals surface area contributed by atoms with Crippen molar-refractivity contribution in [1.82, 2.24) is 0 Å². The molecular formula is C24H30O. The van der Waals surface area contributed by atoms with E-state index in [1.807, 2.05) is 0 Å². The molecule has 0 radical (unpaired) electrons. The smallest absolute Gasteiger partial charge is 0.0818 e. The number of allylic oxidation sites excluding steroid dienone is 1. The Hall–Kier alpha value is -1.86. The zero-order valence-corrected chi connectivity index (χ0v) is 15.6. The molecule has 25 heavy (non-hydrogen) atoms. The molecule has 0 bridgehead atoms. The Bertz CT molecular complexity index is 656. The fraction of sp³-hybridized carbons (Fsp3) is 0.417. The van der Waals surface area contributed by atoms with Gasteiger partial charge in [0.05, 0.1) is 6.10 Å². The Morgan fingerprint density at radius 2 is 1.52 bits per heavy atom. The number of hydrogen-bond acceptors (Lipinski definition) is 1. The molecule has 2 aromatic rings. The van der Waals surface area contributed by atoms with Gasteiger partial charge >= 0.3 is 0 Å². The molecule has 0 aromatic heterocycles. The standard InChI is InChI=1S/C24H30O/c1-4-18-6-8-19(9-7-18)20-10-12-21(13-11-20)22-14-16-23(17-15-22)24(5-2)25-3/h4,10-19,24H,1,5-9H2,2-3H3. The molecule has 0 amide bonds. The topological polar surface area (TPSA) is 9.23 Å². The van der Waals surface area contributed by atoms with Gasteiger partial charge in [0.1, 0.15) is 0 Å². The fourth-order valence-corrected chi connectivity index (χ4v) is 4.06. The molecule has 1 aliphatic carbocycles. The Kier molecular flexibility index (Phi) is 6.09. The third kappa shape index (κ3) is 4.22. The van der Waals surface area contributed by atoms with E-state index in [0.29, 0.717) is 0 Å². The summed E-state index contributed by atoms with van der Waals surface area (Å²) in [5, 5.41) is 0. The Labute approximate surface area is 152 Å². The molecule has 0 aliphatic heterocycles. The van der Waals surface area contributed by atoms with E-state index in [1.54, 1.807) is 7.11 Å². The van der Waals surface area contributed by atoms with Crippen LogP contribution in [-0.4, -0.2) is 7.11 Å². The van der Waals surface area contributed by atoms with Crippen LogP contribution >= 0.6 is 0 Å². The summed E-state index contributed by atoms with van der Waals surface area (Å²) in [5.41, 5.74) is 5.31. The first-order valence-electron chi connectivity index (χ1n) is 9.60. The lowest BCUT2D eigenvalue weighted by atomic mass is 9.78. The molecule has 1 saturated carbocycles. The maximum atomic E-state index is 5.52. The zero-order valence-electron chi connectivity index (χ0n) is 15.6. The minimum Gasteiger partial charge on any atom is -0.377 e. The molecular weight excluding hydrogens is 304 g/mol. The molecule has 1 aliphatic rings. The van der Waals surface area contributed by atoms with E-state index in [-0.39, 0.29) is 6.10 Å². The van der Waals surface area contributed by atoms with Crippen molar-refractivity contribution in [2.75, 3.05) is 7.11 Å². The quantitative estimate of drug-likeness (QED) is 0.521. The van der Waals surface area contributed by atoms with Gasteiger partial charge < -0.3 is 4.74 Å². The summed E-state index contributed by atoms with van der Waals surface area (Å²) in [6.45, 7) is 6.10. The van der Waals surface area contributed by atoms with Crippen LogP contribution in [0.1, 0.15) is 62.2 Å². The minimum atomic E-state index is 0.196. The number of rotatable bonds is 6. The fourth-order valence-electron chi connectivity index (χ4n) is 4.06. The average Bonchev–Trinajstić information content (AvgIpc) is 2.70. The molecule has 0 heterocycles. The monoisotopic (exact) mass is 334 g/mol. The highest BCUT2D eigenvalue weighted by molar-refractivity contribution is 5.64. The Morgan fingerprint density at radius 3 is 2.00 bits per heavy atom. The number of methoxy groups -OCH3 is 1. The lowest BCUT2D eigenvalue weighted by Crippen LogP contribution is -2.11. The maximum Gasteiger partial charge on any atom is 0.0818 e. The Morgan fingerprint density at radius 1 is 0.960 bits per heavy atom. The van der Waals surface area contributed by atoms with E-state index in [0.717, 1.165) is 18.3 Å². The van der Waals surface area contributed by atoms with Crippen molar-refractivity contribution in [2.45, 2.75) is 51.0 Å². The van der Waals surface area contributed by atoms with Gasteiger partial charge in [-0.25, -0.2) is 0 Å². The molecule has 1 nitrogen and oxygen atoms in total. The predicted octanol–water partition coefficient (Wildman–Crippen LogP) is 6.91. The van der Waals surface area contributed by atoms with E-state index >= 15 is 0 Å². The van der Waals surface area contributed by atoms with Crippen molar-refractivity contribution < 1.29 is 4.74 Å².